The molecule has 4 aliphatic heterocycles. The number of carboxylic acid groups (broad SMARTS) is 1. The van der Waals surface area contributed by atoms with Crippen LogP contribution >= 0.6 is 11.8 Å². The third kappa shape index (κ3) is 5.10. The number of halogens is 2. The van der Waals surface area contributed by atoms with E-state index in [9.17, 15) is 33.1 Å². The molecule has 37 heavy (non-hydrogen) atoms. The van der Waals surface area contributed by atoms with Gasteiger partial charge in [-0.2, -0.15) is 8.78 Å². The van der Waals surface area contributed by atoms with Crippen LogP contribution in [0.5, 0.6) is 0 Å². The molecular weight excluding hydrogens is 512 g/mol. The number of aliphatic carboxylic acids is 1. The molecule has 0 bridgehead atoms. The molecule has 0 aromatic carbocycles. The molecule has 4 aliphatic rings. The molecule has 1 unspecified atom stereocenters. The number of carboxylic acids is 1. The summed E-state index contributed by atoms with van der Waals surface area (Å²) < 4.78 is 25.4. The van der Waals surface area contributed by atoms with Gasteiger partial charge in [0.05, 0.1) is 24.0 Å². The maximum atomic E-state index is 13.0. The zero-order valence-corrected chi connectivity index (χ0v) is 21.2. The van der Waals surface area contributed by atoms with Gasteiger partial charge in [0.1, 0.15) is 5.70 Å². The zero-order valence-electron chi connectivity index (χ0n) is 20.4. The molecule has 0 aliphatic carbocycles. The minimum atomic E-state index is -3.21. The van der Waals surface area contributed by atoms with Crippen LogP contribution in [0, 0.1) is 11.8 Å². The number of likely N-dealkylation sites (tertiary alicyclic amines) is 1. The molecule has 0 saturated carbocycles. The second-order valence-electron chi connectivity index (χ2n) is 9.85. The fourth-order valence-electron chi connectivity index (χ4n) is 5.71. The second kappa shape index (κ2) is 10.4. The summed E-state index contributed by atoms with van der Waals surface area (Å²) >= 11 is 1.32. The number of β-lactam (4-membered cyclic amide) rings is 1. The number of carbonyl (C=O) groups is 4. The van der Waals surface area contributed by atoms with E-state index in [4.69, 9.17) is 11.5 Å². The van der Waals surface area contributed by atoms with Crippen molar-refractivity contribution >= 4 is 41.4 Å². The molecule has 15 heteroatoms. The second-order valence-corrected chi connectivity index (χ2v) is 11.2. The molecule has 3 amide bonds. The summed E-state index contributed by atoms with van der Waals surface area (Å²) in [5.74, 6) is -4.51. The first-order chi connectivity index (χ1) is 17.4. The van der Waals surface area contributed by atoms with Gasteiger partial charge in [-0.15, -0.1) is 11.8 Å². The summed E-state index contributed by atoms with van der Waals surface area (Å²) in [5.41, 5.74) is 10.8. The van der Waals surface area contributed by atoms with Gasteiger partial charge in [-0.1, -0.05) is 6.92 Å². The van der Waals surface area contributed by atoms with Gasteiger partial charge in [0.25, 0.3) is 5.91 Å². The van der Waals surface area contributed by atoms with E-state index >= 15 is 0 Å². The van der Waals surface area contributed by atoms with Gasteiger partial charge < -0.3 is 37.0 Å². The van der Waals surface area contributed by atoms with Gasteiger partial charge in [0.2, 0.25) is 11.8 Å². The maximum absolute atomic E-state index is 13.0. The van der Waals surface area contributed by atoms with Crippen LogP contribution in [0.3, 0.4) is 0 Å². The van der Waals surface area contributed by atoms with E-state index in [1.54, 1.807) is 11.8 Å². The van der Waals surface area contributed by atoms with E-state index in [2.05, 4.69) is 15.6 Å². The zero-order chi connectivity index (χ0) is 27.2. The summed E-state index contributed by atoms with van der Waals surface area (Å²) in [6, 6.07) is -2.00. The third-order valence-corrected chi connectivity index (χ3v) is 8.90. The lowest BCUT2D eigenvalue weighted by Crippen LogP contribution is -2.66. The molecular formula is C22H31F2N7O5S. The molecule has 7 N–H and O–H groups in total. The minimum absolute atomic E-state index is 0.0147. The predicted molar refractivity (Wildman–Crippen MR) is 130 cm³/mol. The van der Waals surface area contributed by atoms with E-state index in [-0.39, 0.29) is 34.8 Å². The van der Waals surface area contributed by atoms with E-state index < -0.39 is 48.3 Å². The summed E-state index contributed by atoms with van der Waals surface area (Å²) in [6.45, 7) is 4.69. The Morgan fingerprint density at radius 2 is 2.00 bits per heavy atom. The summed E-state index contributed by atoms with van der Waals surface area (Å²) in [5, 5.41) is 15.1. The molecule has 3 fully saturated rings. The number of aliphatic imine (C=N–C) groups is 1. The normalized spacial score (nSPS) is 31.9. The van der Waals surface area contributed by atoms with Gasteiger partial charge in [-0.05, 0) is 19.8 Å². The molecule has 0 radical (unpaired) electrons. The highest BCUT2D eigenvalue weighted by Crippen LogP contribution is 2.51. The number of hydrogen-bond donors (Lipinski definition) is 5. The van der Waals surface area contributed by atoms with E-state index in [1.807, 2.05) is 0 Å². The van der Waals surface area contributed by atoms with Crippen LogP contribution in [-0.4, -0.2) is 100 Å². The molecule has 12 nitrogen and oxygen atoms in total. The Labute approximate surface area is 216 Å². The lowest BCUT2D eigenvalue weighted by atomic mass is 9.78. The average Bonchev–Trinajstić information content (AvgIpc) is 3.52. The standard InChI is InChI=1S/C22H31F2N7O5S/c1-8-14-13(9(2)28-18(32)17(23)24)20(34)31(14)15(21(35)36)16(8)37-11-5-12(27-6-11)19(33)30-4-3-10(7-30)29-22(25)26/h8-14,17,27H,3-7H2,1-2H3,(H,28,32)(H,35,36)(H4,25,26,29)/t8-,9-,10?,11+,12+,13-,14-/m1/s1. The number of rotatable bonds is 8. The number of fused-ring (bicyclic) bond motifs is 1. The van der Waals surface area contributed by atoms with Crippen molar-refractivity contribution in [1.82, 2.24) is 20.4 Å². The lowest BCUT2D eigenvalue weighted by Gasteiger charge is -2.47. The lowest BCUT2D eigenvalue weighted by molar-refractivity contribution is -0.159. The predicted octanol–water partition coefficient (Wildman–Crippen LogP) is -1.13. The van der Waals surface area contributed by atoms with Gasteiger partial charge in [-0.25, -0.2) is 9.79 Å². The number of thioether (sulfide) groups is 1. The molecule has 4 heterocycles. The highest BCUT2D eigenvalue weighted by molar-refractivity contribution is 8.03. The summed E-state index contributed by atoms with van der Waals surface area (Å²) in [4.78, 5) is 57.0. The van der Waals surface area contributed by atoms with Crippen molar-refractivity contribution in [2.24, 2.45) is 28.3 Å². The smallest absolute Gasteiger partial charge is 0.353 e. The van der Waals surface area contributed by atoms with Crippen molar-refractivity contribution in [2.45, 2.75) is 62.5 Å². The number of nitrogens with two attached hydrogens (primary N) is 2. The number of nitrogens with zero attached hydrogens (tertiary/aromatic N) is 3. The monoisotopic (exact) mass is 543 g/mol. The third-order valence-electron chi connectivity index (χ3n) is 7.39. The van der Waals surface area contributed by atoms with Crippen LogP contribution in [0.2, 0.25) is 0 Å². The minimum Gasteiger partial charge on any atom is -0.477 e. The Kier molecular flexibility index (Phi) is 7.65. The molecule has 0 aromatic rings. The van der Waals surface area contributed by atoms with E-state index in [0.717, 1.165) is 0 Å². The fourth-order valence-corrected chi connectivity index (χ4v) is 7.19. The van der Waals surface area contributed by atoms with Gasteiger partial charge >= 0.3 is 12.4 Å². The van der Waals surface area contributed by atoms with E-state index in [1.165, 1.54) is 23.6 Å². The Bertz CT molecular complexity index is 1050. The van der Waals surface area contributed by atoms with Crippen molar-refractivity contribution in [3.63, 3.8) is 0 Å². The van der Waals surface area contributed by atoms with Crippen molar-refractivity contribution in [3.8, 4) is 0 Å². The van der Waals surface area contributed by atoms with E-state index in [0.29, 0.717) is 37.4 Å². The van der Waals surface area contributed by atoms with Crippen molar-refractivity contribution in [1.29, 1.82) is 0 Å². The largest absolute Gasteiger partial charge is 0.477 e. The Balaban J connectivity index is 1.41. The van der Waals surface area contributed by atoms with Crippen LogP contribution < -0.4 is 22.1 Å². The molecule has 4 rings (SSSR count). The first kappa shape index (κ1) is 27.1. The Hall–Kier alpha value is -2.94. The van der Waals surface area contributed by atoms with Crippen LogP contribution in [0.25, 0.3) is 0 Å². The van der Waals surface area contributed by atoms with Gasteiger partial charge in [-0.3, -0.25) is 14.4 Å². The number of carbonyl (C=O) groups excluding carboxylic acids is 3. The average molecular weight is 544 g/mol. The van der Waals surface area contributed by atoms with Crippen molar-refractivity contribution in [2.75, 3.05) is 19.6 Å². The van der Waals surface area contributed by atoms with Crippen molar-refractivity contribution < 1.29 is 33.1 Å². The number of hydrogen-bond acceptors (Lipinski definition) is 7. The maximum Gasteiger partial charge on any atom is 0.353 e. The topological polar surface area (TPSA) is 183 Å². The van der Waals surface area contributed by atoms with Gasteiger partial charge in [0.15, 0.2) is 5.96 Å². The van der Waals surface area contributed by atoms with Crippen LogP contribution in [-0.2, 0) is 19.2 Å². The van der Waals surface area contributed by atoms with Gasteiger partial charge in [0, 0.05) is 41.7 Å². The molecule has 0 aromatic heterocycles. The number of nitrogens with one attached hydrogen (secondary N) is 2. The quantitative estimate of drug-likeness (QED) is 0.144. The fraction of sp³-hybridized carbons (Fsp3) is 0.682. The summed E-state index contributed by atoms with van der Waals surface area (Å²) in [6.07, 6.45) is -2.07. The number of alkyl halides is 2. The van der Waals surface area contributed by atoms with Crippen LogP contribution in [0.15, 0.2) is 15.6 Å². The van der Waals surface area contributed by atoms with Crippen LogP contribution in [0.4, 0.5) is 8.78 Å². The first-order valence-electron chi connectivity index (χ1n) is 12.1. The number of amides is 3. The molecule has 204 valence electrons. The molecule has 3 saturated heterocycles. The highest BCUT2D eigenvalue weighted by Gasteiger charge is 2.60. The highest BCUT2D eigenvalue weighted by atomic mass is 32.2. The SMILES string of the molecule is C[C@@H](NC(=O)C(F)F)[C@H]1C(=O)N2C(C(=O)O)=C(S[C@@H]3CN[C@H](C(=O)N4CCC(N=C(N)N)C4)C3)[C@H](C)[C@H]12. The molecule has 7 atom stereocenters. The van der Waals surface area contributed by atoms with Crippen molar-refractivity contribution in [3.05, 3.63) is 10.6 Å². The number of guanidine groups is 1. The molecule has 0 spiro atoms. The first-order valence-corrected chi connectivity index (χ1v) is 12.9. The van der Waals surface area contributed by atoms with Crippen LogP contribution in [0.1, 0.15) is 26.7 Å². The summed E-state index contributed by atoms with van der Waals surface area (Å²) in [7, 11) is 0. The Morgan fingerprint density at radius 1 is 1.30 bits per heavy atom. The Morgan fingerprint density at radius 3 is 2.62 bits per heavy atom.